The SMILES string of the molecule is CCCn1cc(S(=O)(=O)NCCc2nc(-c3ccccc3)cs2)c(C)n1. The fourth-order valence-corrected chi connectivity index (χ4v) is 4.67. The van der Waals surface area contributed by atoms with E-state index >= 15 is 0 Å². The Balaban J connectivity index is 1.62. The first-order chi connectivity index (χ1) is 12.5. The second kappa shape index (κ2) is 8.11. The van der Waals surface area contributed by atoms with Gasteiger partial charge in [0.1, 0.15) is 4.90 Å². The van der Waals surface area contributed by atoms with Crippen molar-refractivity contribution < 1.29 is 8.42 Å². The lowest BCUT2D eigenvalue weighted by molar-refractivity contribution is 0.579. The number of sulfonamides is 1. The van der Waals surface area contributed by atoms with Gasteiger partial charge in [0.15, 0.2) is 0 Å². The number of nitrogens with one attached hydrogen (secondary N) is 1. The van der Waals surface area contributed by atoms with Crippen molar-refractivity contribution in [1.29, 1.82) is 0 Å². The van der Waals surface area contributed by atoms with Crippen LogP contribution in [0.1, 0.15) is 24.0 Å². The molecule has 3 rings (SSSR count). The number of aryl methyl sites for hydroxylation is 2. The minimum atomic E-state index is -3.56. The first kappa shape index (κ1) is 18.8. The highest BCUT2D eigenvalue weighted by molar-refractivity contribution is 7.89. The Morgan fingerprint density at radius 1 is 1.23 bits per heavy atom. The van der Waals surface area contributed by atoms with Gasteiger partial charge >= 0.3 is 0 Å². The van der Waals surface area contributed by atoms with E-state index in [1.165, 1.54) is 0 Å². The van der Waals surface area contributed by atoms with E-state index in [0.717, 1.165) is 22.7 Å². The normalized spacial score (nSPS) is 11.8. The molecule has 0 saturated heterocycles. The first-order valence-corrected chi connectivity index (χ1v) is 10.9. The molecule has 6 nitrogen and oxygen atoms in total. The van der Waals surface area contributed by atoms with Crippen molar-refractivity contribution >= 4 is 21.4 Å². The van der Waals surface area contributed by atoms with Crippen molar-refractivity contribution in [3.63, 3.8) is 0 Å². The van der Waals surface area contributed by atoms with Crippen molar-refractivity contribution in [3.8, 4) is 11.3 Å². The van der Waals surface area contributed by atoms with Gasteiger partial charge < -0.3 is 0 Å². The van der Waals surface area contributed by atoms with Crippen LogP contribution >= 0.6 is 11.3 Å². The highest BCUT2D eigenvalue weighted by Gasteiger charge is 2.20. The molecule has 0 aliphatic rings. The van der Waals surface area contributed by atoms with Gasteiger partial charge in [-0.3, -0.25) is 4.68 Å². The summed E-state index contributed by atoms with van der Waals surface area (Å²) in [6.45, 7) is 4.76. The first-order valence-electron chi connectivity index (χ1n) is 8.53. The molecule has 2 heterocycles. The summed E-state index contributed by atoms with van der Waals surface area (Å²) >= 11 is 1.54. The molecule has 0 amide bonds. The Kier molecular flexibility index (Phi) is 5.85. The molecular formula is C18H22N4O2S2. The summed E-state index contributed by atoms with van der Waals surface area (Å²) in [7, 11) is -3.56. The Hall–Kier alpha value is -2.03. The van der Waals surface area contributed by atoms with Crippen molar-refractivity contribution in [2.45, 2.75) is 38.1 Å². The van der Waals surface area contributed by atoms with Crippen LogP contribution in [0.15, 0.2) is 46.8 Å². The fraction of sp³-hybridized carbons (Fsp3) is 0.333. The van der Waals surface area contributed by atoms with Crippen LogP contribution in [-0.2, 0) is 23.0 Å². The van der Waals surface area contributed by atoms with Gasteiger partial charge in [-0.2, -0.15) is 5.10 Å². The van der Waals surface area contributed by atoms with Crippen molar-refractivity contribution in [3.05, 3.63) is 52.6 Å². The summed E-state index contributed by atoms with van der Waals surface area (Å²) in [5, 5.41) is 7.16. The molecule has 0 radical (unpaired) electrons. The molecule has 2 aromatic heterocycles. The van der Waals surface area contributed by atoms with E-state index in [2.05, 4.69) is 14.8 Å². The standard InChI is InChI=1S/C18H22N4O2S2/c1-3-11-22-12-17(14(2)21-22)26(23,24)19-10-9-18-20-16(13-25-18)15-7-5-4-6-8-15/h4-8,12-13,19H,3,9-11H2,1-2H3. The minimum Gasteiger partial charge on any atom is -0.271 e. The van der Waals surface area contributed by atoms with Crippen molar-refractivity contribution in [2.24, 2.45) is 0 Å². The highest BCUT2D eigenvalue weighted by Crippen LogP contribution is 2.21. The topological polar surface area (TPSA) is 76.9 Å². The van der Waals surface area contributed by atoms with Crippen LogP contribution in [-0.4, -0.2) is 29.7 Å². The van der Waals surface area contributed by atoms with Gasteiger partial charge in [0.25, 0.3) is 0 Å². The van der Waals surface area contributed by atoms with E-state index in [0.29, 0.717) is 25.2 Å². The third kappa shape index (κ3) is 4.38. The molecule has 0 aliphatic carbocycles. The molecule has 1 N–H and O–H groups in total. The number of aromatic nitrogens is 3. The van der Waals surface area contributed by atoms with Crippen LogP contribution in [0.25, 0.3) is 11.3 Å². The zero-order valence-corrected chi connectivity index (χ0v) is 16.5. The third-order valence-corrected chi connectivity index (χ3v) is 6.37. The Morgan fingerprint density at radius 3 is 2.73 bits per heavy atom. The molecule has 0 unspecified atom stereocenters. The average Bonchev–Trinajstić information content (AvgIpc) is 3.23. The summed E-state index contributed by atoms with van der Waals surface area (Å²) in [5.74, 6) is 0. The van der Waals surface area contributed by atoms with Crippen LogP contribution in [0.2, 0.25) is 0 Å². The lowest BCUT2D eigenvalue weighted by Gasteiger charge is -2.04. The van der Waals surface area contributed by atoms with Gasteiger partial charge in [-0.15, -0.1) is 11.3 Å². The maximum Gasteiger partial charge on any atom is 0.243 e. The van der Waals surface area contributed by atoms with Crippen LogP contribution in [0.5, 0.6) is 0 Å². The lowest BCUT2D eigenvalue weighted by Crippen LogP contribution is -2.26. The predicted octanol–water partition coefficient (Wildman–Crippen LogP) is 3.25. The molecule has 8 heteroatoms. The second-order valence-corrected chi connectivity index (χ2v) is 8.66. The highest BCUT2D eigenvalue weighted by atomic mass is 32.2. The second-order valence-electron chi connectivity index (χ2n) is 5.98. The largest absolute Gasteiger partial charge is 0.271 e. The summed E-state index contributed by atoms with van der Waals surface area (Å²) in [5.41, 5.74) is 2.51. The Morgan fingerprint density at radius 2 is 2.00 bits per heavy atom. The molecule has 0 atom stereocenters. The number of hydrogen-bond donors (Lipinski definition) is 1. The maximum atomic E-state index is 12.5. The van der Waals surface area contributed by atoms with Gasteiger partial charge in [-0.25, -0.2) is 18.1 Å². The van der Waals surface area contributed by atoms with E-state index in [-0.39, 0.29) is 4.90 Å². The number of thiazole rings is 1. The van der Waals surface area contributed by atoms with Gasteiger partial charge in [0, 0.05) is 36.7 Å². The molecule has 0 spiro atoms. The summed E-state index contributed by atoms with van der Waals surface area (Å²) in [4.78, 5) is 4.83. The van der Waals surface area contributed by atoms with E-state index in [1.54, 1.807) is 29.1 Å². The van der Waals surface area contributed by atoms with Crippen LogP contribution in [0, 0.1) is 6.92 Å². The molecule has 0 aliphatic heterocycles. The zero-order valence-electron chi connectivity index (χ0n) is 14.8. The Bertz CT molecular complexity index is 962. The zero-order chi connectivity index (χ0) is 18.6. The van der Waals surface area contributed by atoms with Crippen LogP contribution in [0.3, 0.4) is 0 Å². The molecule has 0 fully saturated rings. The van der Waals surface area contributed by atoms with Crippen LogP contribution in [0.4, 0.5) is 0 Å². The van der Waals surface area contributed by atoms with Gasteiger partial charge in [-0.05, 0) is 13.3 Å². The van der Waals surface area contributed by atoms with Crippen LogP contribution < -0.4 is 4.72 Å². The monoisotopic (exact) mass is 390 g/mol. The van der Waals surface area contributed by atoms with Crippen molar-refractivity contribution in [2.75, 3.05) is 6.54 Å². The predicted molar refractivity (Wildman–Crippen MR) is 104 cm³/mol. The third-order valence-electron chi connectivity index (χ3n) is 3.90. The summed E-state index contributed by atoms with van der Waals surface area (Å²) < 4.78 is 29.3. The summed E-state index contributed by atoms with van der Waals surface area (Å²) in [6, 6.07) is 9.94. The van der Waals surface area contributed by atoms with E-state index in [1.807, 2.05) is 42.6 Å². The number of nitrogens with zero attached hydrogens (tertiary/aromatic N) is 3. The van der Waals surface area contributed by atoms with Gasteiger partial charge in [0.2, 0.25) is 10.0 Å². The maximum absolute atomic E-state index is 12.5. The molecule has 0 saturated carbocycles. The fourth-order valence-electron chi connectivity index (χ4n) is 2.64. The smallest absolute Gasteiger partial charge is 0.243 e. The number of hydrogen-bond acceptors (Lipinski definition) is 5. The molecule has 3 aromatic rings. The van der Waals surface area contributed by atoms with E-state index < -0.39 is 10.0 Å². The van der Waals surface area contributed by atoms with Crippen molar-refractivity contribution in [1.82, 2.24) is 19.5 Å². The molecule has 0 bridgehead atoms. The lowest BCUT2D eigenvalue weighted by atomic mass is 10.2. The van der Waals surface area contributed by atoms with Gasteiger partial charge in [0.05, 0.1) is 16.4 Å². The average molecular weight is 391 g/mol. The summed E-state index contributed by atoms with van der Waals surface area (Å²) in [6.07, 6.45) is 3.05. The minimum absolute atomic E-state index is 0.245. The molecule has 26 heavy (non-hydrogen) atoms. The van der Waals surface area contributed by atoms with Gasteiger partial charge in [-0.1, -0.05) is 37.3 Å². The van der Waals surface area contributed by atoms with E-state index in [9.17, 15) is 8.42 Å². The number of benzene rings is 1. The van der Waals surface area contributed by atoms with E-state index in [4.69, 9.17) is 0 Å². The molecular weight excluding hydrogens is 368 g/mol. The Labute approximate surface area is 158 Å². The quantitative estimate of drug-likeness (QED) is 0.640. The molecule has 1 aromatic carbocycles. The molecule has 138 valence electrons. The number of rotatable bonds is 8.